The molecule has 1 aliphatic rings. The summed E-state index contributed by atoms with van der Waals surface area (Å²) in [6.07, 6.45) is 5.18. The van der Waals surface area contributed by atoms with Crippen molar-refractivity contribution in [3.05, 3.63) is 58.9 Å². The minimum Gasteiger partial charge on any atom is -0.376 e. The maximum absolute atomic E-state index is 13.4. The average molecular weight is 466 g/mol. The molecule has 1 unspecified atom stereocenters. The second kappa shape index (κ2) is 9.65. The van der Waals surface area contributed by atoms with Crippen LogP contribution in [0.15, 0.2) is 47.6 Å². The van der Waals surface area contributed by atoms with Crippen LogP contribution in [-0.2, 0) is 21.3 Å². The van der Waals surface area contributed by atoms with E-state index in [0.717, 1.165) is 18.4 Å². The number of hydrogen-bond acceptors (Lipinski definition) is 5. The largest absolute Gasteiger partial charge is 0.376 e. The summed E-state index contributed by atoms with van der Waals surface area (Å²) in [5.74, 6) is -0.289. The van der Waals surface area contributed by atoms with Crippen molar-refractivity contribution in [2.75, 3.05) is 13.2 Å². The van der Waals surface area contributed by atoms with E-state index in [4.69, 9.17) is 16.3 Å². The molecule has 0 spiro atoms. The molecule has 168 valence electrons. The smallest absolute Gasteiger partial charge is 0.254 e. The third kappa shape index (κ3) is 6.49. The fraction of sp³-hybridized carbons (Fsp3) is 0.455. The second-order valence-electron chi connectivity index (χ2n) is 8.68. The number of ether oxygens (including phenoxy) is 1. The zero-order valence-corrected chi connectivity index (χ0v) is 19.5. The van der Waals surface area contributed by atoms with Crippen molar-refractivity contribution in [2.45, 2.75) is 56.7 Å². The number of pyridine rings is 1. The van der Waals surface area contributed by atoms with Crippen LogP contribution in [0.5, 0.6) is 0 Å². The summed E-state index contributed by atoms with van der Waals surface area (Å²) in [5, 5.41) is 0.0613. The molecule has 31 heavy (non-hydrogen) atoms. The predicted molar refractivity (Wildman–Crippen MR) is 119 cm³/mol. The van der Waals surface area contributed by atoms with E-state index in [-0.39, 0.29) is 27.5 Å². The Morgan fingerprint density at radius 3 is 2.71 bits per heavy atom. The van der Waals surface area contributed by atoms with Gasteiger partial charge in [-0.05, 0) is 63.4 Å². The lowest BCUT2D eigenvalue weighted by Crippen LogP contribution is -2.40. The van der Waals surface area contributed by atoms with Crippen molar-refractivity contribution < 1.29 is 17.9 Å². The Morgan fingerprint density at radius 1 is 1.32 bits per heavy atom. The number of hydrogen-bond donors (Lipinski definition) is 1. The first-order valence-corrected chi connectivity index (χ1v) is 12.0. The highest BCUT2D eigenvalue weighted by Gasteiger charge is 2.28. The van der Waals surface area contributed by atoms with Gasteiger partial charge in [0.25, 0.3) is 5.91 Å². The van der Waals surface area contributed by atoms with Crippen LogP contribution < -0.4 is 4.72 Å². The summed E-state index contributed by atoms with van der Waals surface area (Å²) < 4.78 is 34.0. The topological polar surface area (TPSA) is 88.6 Å². The van der Waals surface area contributed by atoms with Gasteiger partial charge < -0.3 is 9.64 Å². The molecule has 1 N–H and O–H groups in total. The Morgan fingerprint density at radius 2 is 2.10 bits per heavy atom. The van der Waals surface area contributed by atoms with E-state index in [1.54, 1.807) is 44.1 Å². The molecule has 7 nitrogen and oxygen atoms in total. The zero-order valence-electron chi connectivity index (χ0n) is 18.0. The van der Waals surface area contributed by atoms with Gasteiger partial charge in [0.2, 0.25) is 10.0 Å². The molecule has 3 rings (SSSR count). The number of carbonyl (C=O) groups excluding carboxylic acids is 1. The summed E-state index contributed by atoms with van der Waals surface area (Å²) in [7, 11) is -3.90. The lowest BCUT2D eigenvalue weighted by molar-refractivity contribution is 0.0507. The van der Waals surface area contributed by atoms with Crippen molar-refractivity contribution in [2.24, 2.45) is 0 Å². The van der Waals surface area contributed by atoms with Gasteiger partial charge in [-0.2, -0.15) is 0 Å². The lowest BCUT2D eigenvalue weighted by Gasteiger charge is -2.26. The predicted octanol–water partition coefficient (Wildman–Crippen LogP) is 3.63. The molecule has 1 aromatic carbocycles. The maximum atomic E-state index is 13.4. The molecule has 1 saturated heterocycles. The molecule has 1 atom stereocenters. The molecule has 0 radical (unpaired) electrons. The summed E-state index contributed by atoms with van der Waals surface area (Å²) in [6, 6.07) is 8.04. The van der Waals surface area contributed by atoms with Gasteiger partial charge in [0.1, 0.15) is 4.90 Å². The third-order valence-corrected chi connectivity index (χ3v) is 6.98. The molecule has 9 heteroatoms. The Hall–Kier alpha value is -2.00. The average Bonchev–Trinajstić information content (AvgIpc) is 3.19. The molecule has 2 heterocycles. The third-order valence-electron chi connectivity index (χ3n) is 4.74. The number of carbonyl (C=O) groups is 1. The molecule has 0 bridgehead atoms. The highest BCUT2D eigenvalue weighted by molar-refractivity contribution is 7.89. The highest BCUT2D eigenvalue weighted by atomic mass is 35.5. The van der Waals surface area contributed by atoms with Crippen molar-refractivity contribution in [1.82, 2.24) is 14.6 Å². The van der Waals surface area contributed by atoms with Gasteiger partial charge in [-0.3, -0.25) is 9.78 Å². The van der Waals surface area contributed by atoms with Crippen LogP contribution in [0.4, 0.5) is 0 Å². The van der Waals surface area contributed by atoms with Crippen LogP contribution in [0.3, 0.4) is 0 Å². The number of sulfonamides is 1. The number of nitrogens with zero attached hydrogens (tertiary/aromatic N) is 2. The summed E-state index contributed by atoms with van der Waals surface area (Å²) >= 11 is 6.19. The van der Waals surface area contributed by atoms with E-state index in [1.807, 2.05) is 12.1 Å². The lowest BCUT2D eigenvalue weighted by atomic mass is 10.1. The number of halogens is 1. The Labute approximate surface area is 188 Å². The van der Waals surface area contributed by atoms with E-state index < -0.39 is 15.6 Å². The van der Waals surface area contributed by atoms with Crippen LogP contribution in [0.1, 0.15) is 49.5 Å². The molecular weight excluding hydrogens is 438 g/mol. The number of rotatable bonds is 7. The van der Waals surface area contributed by atoms with Gasteiger partial charge in [0, 0.05) is 43.2 Å². The Kier molecular flexibility index (Phi) is 7.36. The molecule has 0 saturated carbocycles. The summed E-state index contributed by atoms with van der Waals surface area (Å²) in [4.78, 5) is 19.1. The van der Waals surface area contributed by atoms with Crippen molar-refractivity contribution in [3.8, 4) is 0 Å². The van der Waals surface area contributed by atoms with Gasteiger partial charge in [0.05, 0.1) is 11.1 Å². The Balaban J connectivity index is 1.91. The van der Waals surface area contributed by atoms with Crippen LogP contribution in [0.25, 0.3) is 0 Å². The molecule has 1 aliphatic heterocycles. The molecule has 0 aliphatic carbocycles. The van der Waals surface area contributed by atoms with Crippen LogP contribution in [0.2, 0.25) is 5.02 Å². The van der Waals surface area contributed by atoms with E-state index in [0.29, 0.717) is 19.7 Å². The highest BCUT2D eigenvalue weighted by Crippen LogP contribution is 2.25. The van der Waals surface area contributed by atoms with E-state index >= 15 is 0 Å². The van der Waals surface area contributed by atoms with Gasteiger partial charge >= 0.3 is 0 Å². The van der Waals surface area contributed by atoms with E-state index in [1.165, 1.54) is 12.1 Å². The van der Waals surface area contributed by atoms with E-state index in [9.17, 15) is 13.2 Å². The standard InChI is InChI=1S/C22H28ClN3O4S/c1-22(2,3)25-31(28,29)20-12-17(8-9-19(20)23)21(27)26(15-18-7-5-11-30-18)14-16-6-4-10-24-13-16/h4,6,8-10,12-13,18,25H,5,7,11,14-15H2,1-3H3. The number of amides is 1. The minimum atomic E-state index is -3.90. The number of nitrogens with one attached hydrogen (secondary N) is 1. The zero-order chi connectivity index (χ0) is 22.6. The maximum Gasteiger partial charge on any atom is 0.254 e. The first kappa shape index (κ1) is 23.7. The summed E-state index contributed by atoms with van der Waals surface area (Å²) in [6.45, 7) is 6.66. The number of aromatic nitrogens is 1. The SMILES string of the molecule is CC(C)(C)NS(=O)(=O)c1cc(C(=O)N(Cc2cccnc2)CC2CCCO2)ccc1Cl. The fourth-order valence-electron chi connectivity index (χ4n) is 3.45. The Bertz CT molecular complexity index is 1020. The van der Waals surface area contributed by atoms with Gasteiger partial charge in [-0.25, -0.2) is 13.1 Å². The van der Waals surface area contributed by atoms with Crippen LogP contribution in [0, 0.1) is 0 Å². The monoisotopic (exact) mass is 465 g/mol. The normalized spacial score (nSPS) is 17.0. The van der Waals surface area contributed by atoms with Crippen molar-refractivity contribution in [1.29, 1.82) is 0 Å². The van der Waals surface area contributed by atoms with Crippen LogP contribution in [-0.4, -0.2) is 49.0 Å². The van der Waals surface area contributed by atoms with Gasteiger partial charge in [-0.15, -0.1) is 0 Å². The quantitative estimate of drug-likeness (QED) is 0.674. The minimum absolute atomic E-state index is 0.0429. The summed E-state index contributed by atoms with van der Waals surface area (Å²) in [5.41, 5.74) is 0.444. The molecular formula is C22H28ClN3O4S. The van der Waals surface area contributed by atoms with Gasteiger partial charge in [0.15, 0.2) is 0 Å². The molecule has 1 amide bonds. The first-order valence-electron chi connectivity index (χ1n) is 10.2. The molecule has 1 aromatic heterocycles. The second-order valence-corrected chi connectivity index (χ2v) is 10.7. The van der Waals surface area contributed by atoms with E-state index in [2.05, 4.69) is 9.71 Å². The molecule has 2 aromatic rings. The van der Waals surface area contributed by atoms with Gasteiger partial charge in [-0.1, -0.05) is 17.7 Å². The number of benzene rings is 1. The van der Waals surface area contributed by atoms with Crippen LogP contribution >= 0.6 is 11.6 Å². The molecule has 1 fully saturated rings. The van der Waals surface area contributed by atoms with Crippen molar-refractivity contribution in [3.63, 3.8) is 0 Å². The fourth-order valence-corrected chi connectivity index (χ4v) is 5.39. The first-order chi connectivity index (χ1) is 14.5. The van der Waals surface area contributed by atoms with Crippen molar-refractivity contribution >= 4 is 27.5 Å².